The summed E-state index contributed by atoms with van der Waals surface area (Å²) in [5.74, 6) is 0.0149. The lowest BCUT2D eigenvalue weighted by molar-refractivity contribution is -0.123. The number of hydrogen-bond donors (Lipinski definition) is 2. The van der Waals surface area contributed by atoms with Gasteiger partial charge in [0.05, 0.1) is 16.2 Å². The number of nitrogens with zero attached hydrogens (tertiary/aromatic N) is 2. The molecular formula is C17H25ClN4O. The van der Waals surface area contributed by atoms with E-state index in [-0.39, 0.29) is 5.91 Å². The number of rotatable bonds is 6. The van der Waals surface area contributed by atoms with Gasteiger partial charge in [0.25, 0.3) is 0 Å². The summed E-state index contributed by atoms with van der Waals surface area (Å²) in [5.41, 5.74) is 6.43. The molecule has 0 bridgehead atoms. The zero-order valence-corrected chi connectivity index (χ0v) is 14.2. The Balaban J connectivity index is 1.35. The van der Waals surface area contributed by atoms with Crippen LogP contribution in [-0.2, 0) is 4.79 Å². The molecule has 3 rings (SSSR count). The molecule has 0 unspecified atom stereocenters. The number of benzene rings is 1. The third-order valence-electron chi connectivity index (χ3n) is 4.74. The topological polar surface area (TPSA) is 61.6 Å². The summed E-state index contributed by atoms with van der Waals surface area (Å²) in [6.07, 6.45) is 2.61. The van der Waals surface area contributed by atoms with E-state index in [9.17, 15) is 4.79 Å². The molecule has 1 aromatic carbocycles. The van der Waals surface area contributed by atoms with Crippen LogP contribution < -0.4 is 16.0 Å². The fourth-order valence-corrected chi connectivity index (χ4v) is 3.22. The second-order valence-corrected chi connectivity index (χ2v) is 6.95. The second kappa shape index (κ2) is 7.07. The number of amides is 1. The standard InChI is InChI=1S/C17H25ClN4O/c18-14-4-1-2-5-15(14)22-12-10-21(11-13-22)9-3-8-20-16(23)17(19)6-7-17/h1-2,4-5H,3,6-13,19H2,(H,20,23). The van der Waals surface area contributed by atoms with E-state index in [4.69, 9.17) is 17.3 Å². The third-order valence-corrected chi connectivity index (χ3v) is 5.06. The molecule has 1 aliphatic heterocycles. The van der Waals surface area contributed by atoms with Crippen LogP contribution in [0.3, 0.4) is 0 Å². The molecule has 1 amide bonds. The van der Waals surface area contributed by atoms with Crippen LogP contribution >= 0.6 is 11.6 Å². The third kappa shape index (κ3) is 4.16. The average Bonchev–Trinajstić information content (AvgIpc) is 3.32. The van der Waals surface area contributed by atoms with Gasteiger partial charge >= 0.3 is 0 Å². The van der Waals surface area contributed by atoms with Crippen molar-refractivity contribution in [2.45, 2.75) is 24.8 Å². The Bertz CT molecular complexity index is 553. The highest BCUT2D eigenvalue weighted by Crippen LogP contribution is 2.32. The van der Waals surface area contributed by atoms with Crippen LogP contribution in [0.5, 0.6) is 0 Å². The van der Waals surface area contributed by atoms with Crippen LogP contribution in [0.2, 0.25) is 5.02 Å². The molecule has 0 aromatic heterocycles. The van der Waals surface area contributed by atoms with E-state index in [0.29, 0.717) is 6.54 Å². The van der Waals surface area contributed by atoms with Gasteiger partial charge in [-0.25, -0.2) is 0 Å². The van der Waals surface area contributed by atoms with Crippen LogP contribution in [0.4, 0.5) is 5.69 Å². The van der Waals surface area contributed by atoms with E-state index in [0.717, 1.165) is 62.7 Å². The van der Waals surface area contributed by atoms with E-state index in [2.05, 4.69) is 21.2 Å². The summed E-state index contributed by atoms with van der Waals surface area (Å²) >= 11 is 6.26. The first-order valence-corrected chi connectivity index (χ1v) is 8.75. The summed E-state index contributed by atoms with van der Waals surface area (Å²) in [6.45, 7) is 5.75. The first kappa shape index (κ1) is 16.6. The molecule has 0 radical (unpaired) electrons. The van der Waals surface area contributed by atoms with Crippen molar-refractivity contribution in [1.82, 2.24) is 10.2 Å². The van der Waals surface area contributed by atoms with E-state index in [1.807, 2.05) is 18.2 Å². The van der Waals surface area contributed by atoms with Crippen molar-refractivity contribution in [3.63, 3.8) is 0 Å². The first-order chi connectivity index (χ1) is 11.1. The fourth-order valence-electron chi connectivity index (χ4n) is 2.96. The van der Waals surface area contributed by atoms with Gasteiger partial charge in [0, 0.05) is 32.7 Å². The van der Waals surface area contributed by atoms with Crippen LogP contribution in [0.1, 0.15) is 19.3 Å². The maximum Gasteiger partial charge on any atom is 0.240 e. The van der Waals surface area contributed by atoms with Crippen LogP contribution in [0.15, 0.2) is 24.3 Å². The molecule has 1 saturated heterocycles. The Kier molecular flexibility index (Phi) is 5.09. The number of carbonyl (C=O) groups excluding carboxylic acids is 1. The Hall–Kier alpha value is -1.30. The lowest BCUT2D eigenvalue weighted by atomic mass is 10.2. The lowest BCUT2D eigenvalue weighted by Crippen LogP contribution is -2.47. The molecule has 0 atom stereocenters. The zero-order valence-electron chi connectivity index (χ0n) is 13.4. The summed E-state index contributed by atoms with van der Waals surface area (Å²) in [6, 6.07) is 8.01. The quantitative estimate of drug-likeness (QED) is 0.772. The SMILES string of the molecule is NC1(C(=O)NCCCN2CCN(c3ccccc3Cl)CC2)CC1. The van der Waals surface area contributed by atoms with E-state index in [1.165, 1.54) is 0 Å². The van der Waals surface area contributed by atoms with Gasteiger partial charge in [0.1, 0.15) is 0 Å². The molecule has 126 valence electrons. The van der Waals surface area contributed by atoms with Crippen molar-refractivity contribution in [2.24, 2.45) is 5.73 Å². The Morgan fingerprint density at radius 2 is 1.91 bits per heavy atom. The molecule has 1 aliphatic carbocycles. The minimum Gasteiger partial charge on any atom is -0.368 e. The number of hydrogen-bond acceptors (Lipinski definition) is 4. The van der Waals surface area contributed by atoms with Gasteiger partial charge in [-0.3, -0.25) is 9.69 Å². The second-order valence-electron chi connectivity index (χ2n) is 6.55. The molecular weight excluding hydrogens is 312 g/mol. The minimum absolute atomic E-state index is 0.0149. The van der Waals surface area contributed by atoms with E-state index < -0.39 is 5.54 Å². The van der Waals surface area contributed by atoms with Gasteiger partial charge in [-0.2, -0.15) is 0 Å². The Morgan fingerprint density at radius 1 is 1.22 bits per heavy atom. The maximum absolute atomic E-state index is 11.7. The fraction of sp³-hybridized carbons (Fsp3) is 0.588. The number of nitrogens with one attached hydrogen (secondary N) is 1. The van der Waals surface area contributed by atoms with Crippen LogP contribution in [0.25, 0.3) is 0 Å². The highest BCUT2D eigenvalue weighted by molar-refractivity contribution is 6.33. The Labute approximate surface area is 142 Å². The molecule has 1 heterocycles. The van der Waals surface area contributed by atoms with E-state index >= 15 is 0 Å². The molecule has 0 spiro atoms. The molecule has 3 N–H and O–H groups in total. The summed E-state index contributed by atoms with van der Waals surface area (Å²) in [5, 5.41) is 3.77. The van der Waals surface area contributed by atoms with E-state index in [1.54, 1.807) is 0 Å². The highest BCUT2D eigenvalue weighted by Gasteiger charge is 2.45. The van der Waals surface area contributed by atoms with Crippen LogP contribution in [-0.4, -0.2) is 55.6 Å². The number of carbonyl (C=O) groups is 1. The zero-order chi connectivity index (χ0) is 16.3. The van der Waals surface area contributed by atoms with Crippen molar-refractivity contribution in [2.75, 3.05) is 44.2 Å². The molecule has 1 saturated carbocycles. The lowest BCUT2D eigenvalue weighted by Gasteiger charge is -2.36. The Morgan fingerprint density at radius 3 is 2.57 bits per heavy atom. The number of para-hydroxylation sites is 1. The van der Waals surface area contributed by atoms with Gasteiger partial charge in [0.15, 0.2) is 0 Å². The van der Waals surface area contributed by atoms with Crippen LogP contribution in [0, 0.1) is 0 Å². The molecule has 2 aliphatic rings. The molecule has 1 aromatic rings. The van der Waals surface area contributed by atoms with Gasteiger partial charge < -0.3 is 16.0 Å². The predicted molar refractivity (Wildman–Crippen MR) is 93.9 cm³/mol. The van der Waals surface area contributed by atoms with Crippen molar-refractivity contribution in [3.8, 4) is 0 Å². The number of nitrogens with two attached hydrogens (primary N) is 1. The largest absolute Gasteiger partial charge is 0.368 e. The van der Waals surface area contributed by atoms with Crippen molar-refractivity contribution in [1.29, 1.82) is 0 Å². The molecule has 5 nitrogen and oxygen atoms in total. The summed E-state index contributed by atoms with van der Waals surface area (Å²) in [7, 11) is 0. The first-order valence-electron chi connectivity index (χ1n) is 8.37. The number of anilines is 1. The molecule has 23 heavy (non-hydrogen) atoms. The predicted octanol–water partition coefficient (Wildman–Crippen LogP) is 1.46. The molecule has 6 heteroatoms. The van der Waals surface area contributed by atoms with Crippen molar-refractivity contribution >= 4 is 23.2 Å². The summed E-state index contributed by atoms with van der Waals surface area (Å²) < 4.78 is 0. The van der Waals surface area contributed by atoms with Gasteiger partial charge in [0.2, 0.25) is 5.91 Å². The number of halogens is 1. The normalized spacial score (nSPS) is 20.3. The van der Waals surface area contributed by atoms with Gasteiger partial charge in [-0.1, -0.05) is 23.7 Å². The number of piperazine rings is 1. The molecule has 2 fully saturated rings. The summed E-state index contributed by atoms with van der Waals surface area (Å²) in [4.78, 5) is 16.5. The highest BCUT2D eigenvalue weighted by atomic mass is 35.5. The minimum atomic E-state index is -0.555. The van der Waals surface area contributed by atoms with Gasteiger partial charge in [-0.15, -0.1) is 0 Å². The smallest absolute Gasteiger partial charge is 0.240 e. The van der Waals surface area contributed by atoms with Gasteiger partial charge in [-0.05, 0) is 37.9 Å². The average molecular weight is 337 g/mol. The van der Waals surface area contributed by atoms with Crippen molar-refractivity contribution < 1.29 is 4.79 Å². The maximum atomic E-state index is 11.7. The monoisotopic (exact) mass is 336 g/mol. The van der Waals surface area contributed by atoms with Crippen molar-refractivity contribution in [3.05, 3.63) is 29.3 Å².